The van der Waals surface area contributed by atoms with Crippen molar-refractivity contribution in [1.29, 1.82) is 0 Å². The second-order valence-electron chi connectivity index (χ2n) is 5.52. The lowest BCUT2D eigenvalue weighted by molar-refractivity contribution is 0.0938. The van der Waals surface area contributed by atoms with Gasteiger partial charge in [0.25, 0.3) is 0 Å². The molecule has 1 aliphatic heterocycles. The zero-order chi connectivity index (χ0) is 12.1. The molecular weight excluding hydrogens is 200 g/mol. The van der Waals surface area contributed by atoms with Crippen LogP contribution in [0.1, 0.15) is 34.1 Å². The Balaban J connectivity index is 2.44. The van der Waals surface area contributed by atoms with Crippen LogP contribution < -0.4 is 5.32 Å². The molecule has 0 radical (unpaired) electrons. The molecular formula is C13H28N2O. The van der Waals surface area contributed by atoms with Crippen LogP contribution in [0, 0.1) is 5.92 Å². The van der Waals surface area contributed by atoms with Crippen LogP contribution >= 0.6 is 0 Å². The number of hydrogen-bond donors (Lipinski definition) is 1. The van der Waals surface area contributed by atoms with E-state index in [0.29, 0.717) is 24.1 Å². The second-order valence-corrected chi connectivity index (χ2v) is 5.52. The van der Waals surface area contributed by atoms with Gasteiger partial charge in [-0.2, -0.15) is 0 Å². The summed E-state index contributed by atoms with van der Waals surface area (Å²) in [5, 5.41) is 3.55. The minimum Gasteiger partial charge on any atom is -0.380 e. The fraction of sp³-hybridized carbons (Fsp3) is 1.00. The van der Waals surface area contributed by atoms with Crippen LogP contribution in [0.25, 0.3) is 0 Å². The van der Waals surface area contributed by atoms with Crippen LogP contribution in [0.2, 0.25) is 0 Å². The van der Waals surface area contributed by atoms with Crippen LogP contribution in [0.4, 0.5) is 0 Å². The molecule has 0 bridgehead atoms. The van der Waals surface area contributed by atoms with Gasteiger partial charge in [0.05, 0.1) is 6.10 Å². The van der Waals surface area contributed by atoms with E-state index in [9.17, 15) is 0 Å². The van der Waals surface area contributed by atoms with E-state index in [4.69, 9.17) is 4.74 Å². The zero-order valence-electron chi connectivity index (χ0n) is 11.5. The van der Waals surface area contributed by atoms with Gasteiger partial charge in [0.1, 0.15) is 0 Å². The van der Waals surface area contributed by atoms with Gasteiger partial charge in [-0.25, -0.2) is 0 Å². The molecule has 1 N–H and O–H groups in total. The number of likely N-dealkylation sites (tertiary alicyclic amines) is 1. The van der Waals surface area contributed by atoms with Gasteiger partial charge in [-0.1, -0.05) is 27.7 Å². The minimum absolute atomic E-state index is 0.445. The summed E-state index contributed by atoms with van der Waals surface area (Å²) >= 11 is 0. The van der Waals surface area contributed by atoms with Crippen LogP contribution in [0.15, 0.2) is 0 Å². The molecule has 0 aliphatic carbocycles. The Kier molecular flexibility index (Phi) is 5.73. The van der Waals surface area contributed by atoms with Gasteiger partial charge in [0.2, 0.25) is 0 Å². The van der Waals surface area contributed by atoms with Crippen molar-refractivity contribution in [3.05, 3.63) is 0 Å². The summed E-state index contributed by atoms with van der Waals surface area (Å²) in [5.41, 5.74) is 0. The summed E-state index contributed by atoms with van der Waals surface area (Å²) in [6.45, 7) is 12.4. The van der Waals surface area contributed by atoms with E-state index in [2.05, 4.69) is 37.9 Å². The SMILES string of the molecule is COC1CCN(C(CNC(C)C)C(C)C)C1. The second kappa shape index (κ2) is 6.58. The molecule has 96 valence electrons. The molecule has 3 heteroatoms. The molecule has 0 amide bonds. The number of nitrogens with one attached hydrogen (secondary N) is 1. The maximum atomic E-state index is 5.43. The van der Waals surface area contributed by atoms with Crippen LogP contribution in [-0.4, -0.2) is 49.8 Å². The molecule has 1 aliphatic rings. The highest BCUT2D eigenvalue weighted by atomic mass is 16.5. The zero-order valence-corrected chi connectivity index (χ0v) is 11.5. The molecule has 1 fully saturated rings. The smallest absolute Gasteiger partial charge is 0.0710 e. The van der Waals surface area contributed by atoms with E-state index in [1.54, 1.807) is 0 Å². The highest BCUT2D eigenvalue weighted by molar-refractivity contribution is 4.85. The summed E-state index contributed by atoms with van der Waals surface area (Å²) < 4.78 is 5.43. The predicted octanol–water partition coefficient (Wildman–Crippen LogP) is 1.73. The van der Waals surface area contributed by atoms with Crippen molar-refractivity contribution in [2.45, 2.75) is 52.3 Å². The third-order valence-corrected chi connectivity index (χ3v) is 3.48. The molecule has 16 heavy (non-hydrogen) atoms. The summed E-state index contributed by atoms with van der Waals surface area (Å²) in [4.78, 5) is 2.58. The van der Waals surface area contributed by atoms with Crippen LogP contribution in [0.5, 0.6) is 0 Å². The van der Waals surface area contributed by atoms with Crippen molar-refractivity contribution in [3.63, 3.8) is 0 Å². The fourth-order valence-corrected chi connectivity index (χ4v) is 2.39. The van der Waals surface area contributed by atoms with Gasteiger partial charge in [0, 0.05) is 38.8 Å². The number of hydrogen-bond acceptors (Lipinski definition) is 3. The lowest BCUT2D eigenvalue weighted by Crippen LogP contribution is -2.46. The van der Waals surface area contributed by atoms with E-state index in [-0.39, 0.29) is 0 Å². The first-order valence-electron chi connectivity index (χ1n) is 6.54. The molecule has 1 heterocycles. The first-order valence-corrected chi connectivity index (χ1v) is 6.54. The molecule has 0 aromatic rings. The average Bonchev–Trinajstić information content (AvgIpc) is 2.65. The van der Waals surface area contributed by atoms with Crippen molar-refractivity contribution in [2.24, 2.45) is 5.92 Å². The van der Waals surface area contributed by atoms with E-state index in [1.165, 1.54) is 13.0 Å². The molecule has 2 atom stereocenters. The molecule has 0 aromatic carbocycles. The average molecular weight is 228 g/mol. The molecule has 3 nitrogen and oxygen atoms in total. The summed E-state index contributed by atoms with van der Waals surface area (Å²) in [6.07, 6.45) is 1.63. The first kappa shape index (κ1) is 13.9. The van der Waals surface area contributed by atoms with Gasteiger partial charge < -0.3 is 10.1 Å². The Bertz CT molecular complexity index is 194. The summed E-state index contributed by atoms with van der Waals surface area (Å²) in [6, 6.07) is 1.21. The maximum Gasteiger partial charge on any atom is 0.0710 e. The van der Waals surface area contributed by atoms with Gasteiger partial charge in [-0.05, 0) is 12.3 Å². The van der Waals surface area contributed by atoms with Gasteiger partial charge in [-0.15, -0.1) is 0 Å². The van der Waals surface area contributed by atoms with Crippen molar-refractivity contribution in [1.82, 2.24) is 10.2 Å². The lowest BCUT2D eigenvalue weighted by Gasteiger charge is -2.32. The van der Waals surface area contributed by atoms with E-state index in [1.807, 2.05) is 7.11 Å². The van der Waals surface area contributed by atoms with Gasteiger partial charge >= 0.3 is 0 Å². The Hall–Kier alpha value is -0.120. The standard InChI is InChI=1S/C13H28N2O/c1-10(2)13(8-14-11(3)4)15-7-6-12(9-15)16-5/h10-14H,6-9H2,1-5H3. The monoisotopic (exact) mass is 228 g/mol. The number of ether oxygens (including phenoxy) is 1. The Morgan fingerprint density at radius 1 is 1.31 bits per heavy atom. The number of rotatable bonds is 6. The van der Waals surface area contributed by atoms with Crippen molar-refractivity contribution < 1.29 is 4.74 Å². The first-order chi connectivity index (χ1) is 7.54. The molecule has 1 saturated heterocycles. The lowest BCUT2D eigenvalue weighted by atomic mass is 10.0. The summed E-state index contributed by atoms with van der Waals surface area (Å²) in [5.74, 6) is 0.696. The third-order valence-electron chi connectivity index (χ3n) is 3.48. The van der Waals surface area contributed by atoms with Crippen LogP contribution in [-0.2, 0) is 4.74 Å². The van der Waals surface area contributed by atoms with E-state index >= 15 is 0 Å². The third kappa shape index (κ3) is 4.04. The topological polar surface area (TPSA) is 24.5 Å². The predicted molar refractivity (Wildman–Crippen MR) is 68.8 cm³/mol. The highest BCUT2D eigenvalue weighted by Gasteiger charge is 2.29. The number of nitrogens with zero attached hydrogens (tertiary/aromatic N) is 1. The number of methoxy groups -OCH3 is 1. The van der Waals surface area contributed by atoms with Gasteiger partial charge in [-0.3, -0.25) is 4.90 Å². The van der Waals surface area contributed by atoms with E-state index in [0.717, 1.165) is 13.1 Å². The molecule has 1 rings (SSSR count). The quantitative estimate of drug-likeness (QED) is 0.749. The molecule has 0 aromatic heterocycles. The molecule has 0 spiro atoms. The normalized spacial score (nSPS) is 24.6. The largest absolute Gasteiger partial charge is 0.380 e. The van der Waals surface area contributed by atoms with Crippen molar-refractivity contribution in [2.75, 3.05) is 26.7 Å². The molecule has 2 unspecified atom stereocenters. The van der Waals surface area contributed by atoms with E-state index < -0.39 is 0 Å². The summed E-state index contributed by atoms with van der Waals surface area (Å²) in [7, 11) is 1.82. The Morgan fingerprint density at radius 3 is 2.44 bits per heavy atom. The van der Waals surface area contributed by atoms with Crippen LogP contribution in [0.3, 0.4) is 0 Å². The highest BCUT2D eigenvalue weighted by Crippen LogP contribution is 2.19. The van der Waals surface area contributed by atoms with Gasteiger partial charge in [0.15, 0.2) is 0 Å². The molecule has 0 saturated carbocycles. The Labute approximate surface area is 101 Å². The van der Waals surface area contributed by atoms with Crippen molar-refractivity contribution >= 4 is 0 Å². The fourth-order valence-electron chi connectivity index (χ4n) is 2.39. The maximum absolute atomic E-state index is 5.43. The van der Waals surface area contributed by atoms with Crippen molar-refractivity contribution in [3.8, 4) is 0 Å². The minimum atomic E-state index is 0.445. The Morgan fingerprint density at radius 2 is 2.00 bits per heavy atom.